The van der Waals surface area contributed by atoms with Gasteiger partial charge in [0, 0.05) is 26.7 Å². The molecule has 2 aromatic heterocycles. The van der Waals surface area contributed by atoms with Crippen LogP contribution in [0.4, 0.5) is 0 Å². The average Bonchev–Trinajstić information content (AvgIpc) is 3.38. The zero-order valence-corrected chi connectivity index (χ0v) is 23.2. The highest BCUT2D eigenvalue weighted by atomic mass is 35.5. The van der Waals surface area contributed by atoms with Crippen LogP contribution in [0.25, 0.3) is 82.2 Å². The maximum Gasteiger partial charge on any atom is 0.235 e. The molecule has 2 heterocycles. The number of fused-ring (bicyclic) bond motifs is 9. The molecular weight excluding hydrogens is 534 g/mol. The maximum absolute atomic E-state index is 6.57. The normalized spacial score (nSPS) is 11.9. The molecule has 0 bridgehead atoms. The van der Waals surface area contributed by atoms with Gasteiger partial charge in [-0.25, -0.2) is 9.97 Å². The Morgan fingerprint density at radius 2 is 1.14 bits per heavy atom. The van der Waals surface area contributed by atoms with Gasteiger partial charge >= 0.3 is 0 Å². The zero-order chi connectivity index (χ0) is 27.8. The van der Waals surface area contributed by atoms with E-state index in [1.54, 1.807) is 0 Å². The van der Waals surface area contributed by atoms with E-state index in [1.807, 2.05) is 12.1 Å². The Balaban J connectivity index is 1.44. The van der Waals surface area contributed by atoms with Gasteiger partial charge in [0.2, 0.25) is 5.95 Å². The third kappa shape index (κ3) is 3.35. The summed E-state index contributed by atoms with van der Waals surface area (Å²) in [5.41, 5.74) is 4.99. The smallest absolute Gasteiger partial charge is 0.235 e. The molecular formula is C38H22ClN3. The minimum Gasteiger partial charge on any atom is -0.278 e. The van der Waals surface area contributed by atoms with Crippen molar-refractivity contribution in [3.63, 3.8) is 0 Å². The van der Waals surface area contributed by atoms with Crippen LogP contribution in [0.1, 0.15) is 0 Å². The molecule has 9 aromatic rings. The lowest BCUT2D eigenvalue weighted by Gasteiger charge is -2.15. The molecule has 0 fully saturated rings. The number of rotatable bonds is 2. The fraction of sp³-hybridized carbons (Fsp3) is 0. The lowest BCUT2D eigenvalue weighted by atomic mass is 9.94. The van der Waals surface area contributed by atoms with Gasteiger partial charge in [-0.2, -0.15) is 0 Å². The summed E-state index contributed by atoms with van der Waals surface area (Å²) in [6.07, 6.45) is 0. The molecule has 7 aromatic carbocycles. The van der Waals surface area contributed by atoms with Crippen LogP contribution in [0.3, 0.4) is 0 Å². The molecule has 0 spiro atoms. The number of halogens is 1. The van der Waals surface area contributed by atoms with E-state index in [-0.39, 0.29) is 0 Å². The molecule has 0 unspecified atom stereocenters. The topological polar surface area (TPSA) is 30.7 Å². The van der Waals surface area contributed by atoms with Crippen LogP contribution in [-0.4, -0.2) is 14.5 Å². The fourth-order valence-electron chi connectivity index (χ4n) is 6.60. The van der Waals surface area contributed by atoms with Crippen molar-refractivity contribution in [2.45, 2.75) is 0 Å². The molecule has 4 heteroatoms. The summed E-state index contributed by atoms with van der Waals surface area (Å²) in [7, 11) is 0. The van der Waals surface area contributed by atoms with Crippen molar-refractivity contribution in [1.29, 1.82) is 0 Å². The van der Waals surface area contributed by atoms with Crippen molar-refractivity contribution in [2.24, 2.45) is 0 Å². The number of hydrogen-bond donors (Lipinski definition) is 0. The number of aromatic nitrogens is 3. The summed E-state index contributed by atoms with van der Waals surface area (Å²) in [6, 6.07) is 46.7. The van der Waals surface area contributed by atoms with E-state index in [0.29, 0.717) is 11.0 Å². The second kappa shape index (κ2) is 8.87. The maximum atomic E-state index is 6.57. The van der Waals surface area contributed by atoms with Crippen molar-refractivity contribution in [3.05, 3.63) is 138 Å². The Kier molecular flexibility index (Phi) is 4.96. The molecule has 0 radical (unpaired) electrons. The van der Waals surface area contributed by atoms with Crippen LogP contribution >= 0.6 is 11.6 Å². The Bertz CT molecular complexity index is 2540. The van der Waals surface area contributed by atoms with Gasteiger partial charge in [-0.3, -0.25) is 4.57 Å². The summed E-state index contributed by atoms with van der Waals surface area (Å²) in [5, 5.41) is 11.2. The van der Waals surface area contributed by atoms with E-state index in [1.165, 1.54) is 32.3 Å². The third-order valence-corrected chi connectivity index (χ3v) is 8.67. The van der Waals surface area contributed by atoms with Crippen LogP contribution in [0.15, 0.2) is 133 Å². The lowest BCUT2D eigenvalue weighted by Crippen LogP contribution is -2.03. The molecule has 9 rings (SSSR count). The molecule has 0 aliphatic carbocycles. The van der Waals surface area contributed by atoms with Gasteiger partial charge in [0.15, 0.2) is 0 Å². The zero-order valence-electron chi connectivity index (χ0n) is 22.4. The number of hydrogen-bond acceptors (Lipinski definition) is 2. The Morgan fingerprint density at radius 3 is 2.00 bits per heavy atom. The van der Waals surface area contributed by atoms with E-state index in [2.05, 4.69) is 126 Å². The van der Waals surface area contributed by atoms with Crippen molar-refractivity contribution in [2.75, 3.05) is 0 Å². The number of nitrogens with zero attached hydrogens (tertiary/aromatic N) is 3. The largest absolute Gasteiger partial charge is 0.278 e. The highest BCUT2D eigenvalue weighted by Crippen LogP contribution is 2.40. The molecule has 196 valence electrons. The first-order valence-corrected chi connectivity index (χ1v) is 14.4. The molecule has 0 N–H and O–H groups in total. The van der Waals surface area contributed by atoms with Crippen LogP contribution < -0.4 is 0 Å². The van der Waals surface area contributed by atoms with Gasteiger partial charge in [0.1, 0.15) is 0 Å². The summed E-state index contributed by atoms with van der Waals surface area (Å²) in [4.78, 5) is 10.6. The van der Waals surface area contributed by atoms with Crippen LogP contribution in [0.5, 0.6) is 0 Å². The Hall–Kier alpha value is -5.25. The Morgan fingerprint density at radius 1 is 0.476 bits per heavy atom. The first-order valence-electron chi connectivity index (χ1n) is 14.0. The van der Waals surface area contributed by atoms with Crippen LogP contribution in [0.2, 0.25) is 5.02 Å². The molecule has 0 saturated carbocycles. The highest BCUT2D eigenvalue weighted by Gasteiger charge is 2.20. The summed E-state index contributed by atoms with van der Waals surface area (Å²) in [6.45, 7) is 0. The van der Waals surface area contributed by atoms with Gasteiger partial charge < -0.3 is 0 Å². The standard InChI is InChI=1S/C38H22ClN3/c39-25-18-20-34-32(22-25)36-27-12-4-1-9-23(27)17-19-35(36)42(34)38-40-33-16-8-7-15-30(33)37(41-38)31-21-24-10-2-3-11-26(24)28-13-5-6-14-29(28)31/h1-22H. The average molecular weight is 556 g/mol. The quantitative estimate of drug-likeness (QED) is 0.199. The minimum atomic E-state index is 0.638. The van der Waals surface area contributed by atoms with Crippen LogP contribution in [0, 0.1) is 0 Å². The lowest BCUT2D eigenvalue weighted by molar-refractivity contribution is 1.01. The van der Waals surface area contributed by atoms with E-state index in [0.717, 1.165) is 44.0 Å². The van der Waals surface area contributed by atoms with Crippen molar-refractivity contribution >= 4 is 76.6 Å². The second-order valence-corrected chi connectivity index (χ2v) is 11.2. The number of para-hydroxylation sites is 1. The molecule has 42 heavy (non-hydrogen) atoms. The van der Waals surface area contributed by atoms with Gasteiger partial charge in [-0.05, 0) is 68.7 Å². The predicted octanol–water partition coefficient (Wildman–Crippen LogP) is 10.5. The van der Waals surface area contributed by atoms with E-state index >= 15 is 0 Å². The minimum absolute atomic E-state index is 0.638. The molecule has 0 atom stereocenters. The third-order valence-electron chi connectivity index (χ3n) is 8.43. The molecule has 3 nitrogen and oxygen atoms in total. The summed E-state index contributed by atoms with van der Waals surface area (Å²) in [5.74, 6) is 0.638. The molecule has 0 aliphatic heterocycles. The van der Waals surface area contributed by atoms with E-state index in [4.69, 9.17) is 21.6 Å². The van der Waals surface area contributed by atoms with Gasteiger partial charge in [-0.15, -0.1) is 0 Å². The Labute approximate surface area is 246 Å². The monoisotopic (exact) mass is 555 g/mol. The fourth-order valence-corrected chi connectivity index (χ4v) is 6.77. The second-order valence-electron chi connectivity index (χ2n) is 10.8. The van der Waals surface area contributed by atoms with Gasteiger partial charge in [0.25, 0.3) is 0 Å². The molecule has 0 saturated heterocycles. The first-order chi connectivity index (χ1) is 20.7. The number of benzene rings is 7. The molecule has 0 aliphatic rings. The first kappa shape index (κ1) is 23.5. The predicted molar refractivity (Wildman–Crippen MR) is 177 cm³/mol. The van der Waals surface area contributed by atoms with Crippen molar-refractivity contribution in [1.82, 2.24) is 14.5 Å². The summed E-state index contributed by atoms with van der Waals surface area (Å²) >= 11 is 6.57. The van der Waals surface area contributed by atoms with Crippen molar-refractivity contribution < 1.29 is 0 Å². The molecule has 0 amide bonds. The van der Waals surface area contributed by atoms with Crippen molar-refractivity contribution in [3.8, 4) is 17.2 Å². The highest BCUT2D eigenvalue weighted by molar-refractivity contribution is 6.32. The van der Waals surface area contributed by atoms with Gasteiger partial charge in [0.05, 0.1) is 22.2 Å². The van der Waals surface area contributed by atoms with Gasteiger partial charge in [-0.1, -0.05) is 109 Å². The summed E-state index contributed by atoms with van der Waals surface area (Å²) < 4.78 is 2.19. The van der Waals surface area contributed by atoms with E-state index < -0.39 is 0 Å². The van der Waals surface area contributed by atoms with Crippen LogP contribution in [-0.2, 0) is 0 Å². The van der Waals surface area contributed by atoms with E-state index in [9.17, 15) is 0 Å². The SMILES string of the molecule is Clc1ccc2c(c1)c1c3ccccc3ccc1n2-c1nc(-c2cc3ccccc3c3ccccc23)c2ccccc2n1.